The number of carbonyl (C=O) groups is 5. The Bertz CT molecular complexity index is 2490. The first kappa shape index (κ1) is 69.3. The van der Waals surface area contributed by atoms with Crippen LogP contribution in [-0.4, -0.2) is 175 Å². The smallest absolute Gasteiger partial charge is 0.414 e. The maximum absolute atomic E-state index is 12.0. The van der Waals surface area contributed by atoms with E-state index in [4.69, 9.17) is 39.7 Å². The summed E-state index contributed by atoms with van der Waals surface area (Å²) in [5.41, 5.74) is 5.53. The largest absolute Gasteiger partial charge is 0.473 e. The molecule has 3 spiro atoms. The summed E-state index contributed by atoms with van der Waals surface area (Å²) in [5.74, 6) is -2.68. The third-order valence-electron chi connectivity index (χ3n) is 11.7. The van der Waals surface area contributed by atoms with Crippen LogP contribution < -0.4 is 20.9 Å². The van der Waals surface area contributed by atoms with E-state index in [0.29, 0.717) is 24.2 Å². The number of carboxylic acid groups (broad SMARTS) is 2. The lowest BCUT2D eigenvalue weighted by molar-refractivity contribution is -0.385. The van der Waals surface area contributed by atoms with Crippen LogP contribution in [0, 0.1) is 42.4 Å². The molecule has 26 nitrogen and oxygen atoms in total. The number of halogens is 1. The zero-order valence-electron chi connectivity index (χ0n) is 44.9. The number of ether oxygens (including phenoxy) is 3. The van der Waals surface area contributed by atoms with Gasteiger partial charge in [-0.25, -0.2) is 38.9 Å². The predicted molar refractivity (Wildman–Crippen MR) is 295 cm³/mol. The number of nitro groups is 2. The van der Waals surface area contributed by atoms with Crippen molar-refractivity contribution in [3.8, 4) is 0 Å². The second-order valence-electron chi connectivity index (χ2n) is 22.1. The van der Waals surface area contributed by atoms with Gasteiger partial charge in [0, 0.05) is 107 Å². The number of nitrogens with one attached hydrogen (secondary N) is 1. The lowest BCUT2D eigenvalue weighted by Gasteiger charge is -2.60. The van der Waals surface area contributed by atoms with Crippen LogP contribution in [0.3, 0.4) is 0 Å². The molecule has 79 heavy (non-hydrogen) atoms. The van der Waals surface area contributed by atoms with Gasteiger partial charge in [0.25, 0.3) is 11.4 Å². The molecule has 9 rings (SSSR count). The molecule has 0 aliphatic carbocycles. The van der Waals surface area contributed by atoms with Crippen molar-refractivity contribution in [1.82, 2.24) is 35.0 Å². The number of aliphatic carboxylic acids is 2. The van der Waals surface area contributed by atoms with E-state index < -0.39 is 38.9 Å². The molecule has 3 aromatic rings. The van der Waals surface area contributed by atoms with Crippen molar-refractivity contribution in [2.75, 3.05) is 94.1 Å². The first-order valence-corrected chi connectivity index (χ1v) is 24.4. The fourth-order valence-corrected chi connectivity index (χ4v) is 8.34. The number of nitrogen functional groups attached to an aromatic ring is 1. The molecule has 0 radical (unpaired) electrons. The summed E-state index contributed by atoms with van der Waals surface area (Å²) in [4.78, 5) is 94.2. The topological polar surface area (TPSA) is 333 Å². The molecule has 0 atom stereocenters. The van der Waals surface area contributed by atoms with E-state index in [1.807, 2.05) is 88.3 Å². The molecule has 0 saturated carbocycles. The Morgan fingerprint density at radius 3 is 1.11 bits per heavy atom. The Morgan fingerprint density at radius 1 is 0.557 bits per heavy atom. The van der Waals surface area contributed by atoms with Gasteiger partial charge in [0.15, 0.2) is 0 Å². The van der Waals surface area contributed by atoms with Crippen LogP contribution in [0.15, 0.2) is 55.0 Å². The maximum atomic E-state index is 12.0. The number of likely N-dealkylation sites (tertiary alicyclic amines) is 3. The van der Waals surface area contributed by atoms with Crippen LogP contribution in [0.2, 0.25) is 0 Å². The normalized spacial score (nSPS) is 16.9. The standard InChI is InChI=1S/C15H20N4O4.C15H22N4O2.C10H18N2O2.C5H3FN2O2.C2H2O4.C2H6.3CH4/c1-14(2,3)23-13(20)18-9-15(10-18)7-17(8-15)12-5-4-11(6-16-12)19(21)22;1-14(2,3)21-13(20)19-9-15(10-19)7-18(8-15)12-5-4-11(16)6-17-12;1-9(2,3)14-8(13)12-6-10(7-12)4-11-5-10;6-5-2-1-4(3-7-5)8(9)10;3-1(4)2(5)6;1-2;;;/h4-6H,7-10H2,1-3H3;4-6H,7-10,16H2,1-3H3;11H,4-7H2,1-3H3;1-3H;(H,3,4)(H,5,6);1-2H3;3*1H4. The fraction of sp³-hybridized carbons (Fsp3) is 0.615. The minimum absolute atomic E-state index is 0. The third-order valence-corrected chi connectivity index (χ3v) is 11.7. The maximum Gasteiger partial charge on any atom is 0.414 e. The van der Waals surface area contributed by atoms with Crippen molar-refractivity contribution in [2.24, 2.45) is 16.2 Å². The van der Waals surface area contributed by atoms with Crippen molar-refractivity contribution < 1.29 is 62.6 Å². The Hall–Kier alpha value is -7.71. The van der Waals surface area contributed by atoms with E-state index in [-0.39, 0.29) is 68.4 Å². The van der Waals surface area contributed by atoms with Crippen LogP contribution in [0.4, 0.5) is 47.5 Å². The van der Waals surface area contributed by atoms with Crippen molar-refractivity contribution in [3.05, 3.63) is 81.2 Å². The minimum atomic E-state index is -1.82. The summed E-state index contributed by atoms with van der Waals surface area (Å²) in [6.45, 7) is 31.1. The number of carboxylic acids is 2. The SMILES string of the molecule is C.C.C.CC.CC(C)(C)OC(=O)N1CC2(C1)CN(c1ccc(N)cn1)C2.CC(C)(C)OC(=O)N1CC2(C1)CN(c1ccc([N+](=O)[O-])cn1)C2.CC(C)(C)OC(=O)N1CC2(CNC2)C1.O=C(O)C(=O)O.O=[N+]([O-])c1ccc(F)nc1. The van der Waals surface area contributed by atoms with E-state index in [0.717, 1.165) is 95.4 Å². The van der Waals surface area contributed by atoms with E-state index in [1.165, 1.54) is 12.3 Å². The first-order chi connectivity index (χ1) is 35.2. The van der Waals surface area contributed by atoms with E-state index in [1.54, 1.807) is 27.0 Å². The fourth-order valence-electron chi connectivity index (χ4n) is 8.34. The summed E-state index contributed by atoms with van der Waals surface area (Å²) >= 11 is 0. The van der Waals surface area contributed by atoms with Crippen molar-refractivity contribution in [3.63, 3.8) is 0 Å². The van der Waals surface area contributed by atoms with Crippen molar-refractivity contribution in [1.29, 1.82) is 0 Å². The Labute approximate surface area is 462 Å². The highest BCUT2D eigenvalue weighted by atomic mass is 19.1. The van der Waals surface area contributed by atoms with Crippen LogP contribution in [0.25, 0.3) is 0 Å². The van der Waals surface area contributed by atoms with Gasteiger partial charge in [-0.15, -0.1) is 0 Å². The lowest BCUT2D eigenvalue weighted by Crippen LogP contribution is -2.73. The highest BCUT2D eigenvalue weighted by Crippen LogP contribution is 2.43. The first-order valence-electron chi connectivity index (χ1n) is 24.4. The molecule has 6 saturated heterocycles. The molecule has 0 aromatic carbocycles. The minimum Gasteiger partial charge on any atom is -0.473 e. The van der Waals surface area contributed by atoms with Gasteiger partial charge in [0.1, 0.15) is 40.8 Å². The zero-order valence-corrected chi connectivity index (χ0v) is 44.9. The predicted octanol–water partition coefficient (Wildman–Crippen LogP) is 7.81. The summed E-state index contributed by atoms with van der Waals surface area (Å²) in [7, 11) is 0. The molecule has 6 aliphatic rings. The van der Waals surface area contributed by atoms with Gasteiger partial charge in [-0.05, 0) is 86.6 Å². The highest BCUT2D eigenvalue weighted by Gasteiger charge is 2.56. The molecule has 6 fully saturated rings. The van der Waals surface area contributed by atoms with E-state index in [9.17, 15) is 39.0 Å². The van der Waals surface area contributed by atoms with Gasteiger partial charge < -0.3 is 60.0 Å². The van der Waals surface area contributed by atoms with E-state index in [2.05, 4.69) is 30.1 Å². The van der Waals surface area contributed by atoms with E-state index >= 15 is 0 Å². The molecule has 6 aliphatic heterocycles. The lowest BCUT2D eigenvalue weighted by atomic mass is 9.73. The number of hydrogen-bond donors (Lipinski definition) is 4. The quantitative estimate of drug-likeness (QED) is 0.0636. The number of carbonyl (C=O) groups excluding carboxylic acids is 3. The molecule has 3 amide bonds. The monoisotopic (exact) mass is 1120 g/mol. The Morgan fingerprint density at radius 2 is 0.873 bits per heavy atom. The summed E-state index contributed by atoms with van der Waals surface area (Å²) < 4.78 is 28.0. The number of pyridine rings is 3. The van der Waals surface area contributed by atoms with Crippen LogP contribution in [-0.2, 0) is 23.8 Å². The molecule has 5 N–H and O–H groups in total. The second-order valence-corrected chi connectivity index (χ2v) is 22.1. The van der Waals surface area contributed by atoms with Crippen molar-refractivity contribution >= 4 is 58.9 Å². The van der Waals surface area contributed by atoms with Crippen LogP contribution in [0.5, 0.6) is 0 Å². The number of hydrogen-bond acceptors (Lipinski definition) is 19. The molecule has 3 aromatic heterocycles. The average molecular weight is 1120 g/mol. The Balaban J connectivity index is 0.000000514. The van der Waals surface area contributed by atoms with Gasteiger partial charge in [-0.2, -0.15) is 4.39 Å². The van der Waals surface area contributed by atoms with Gasteiger partial charge >= 0.3 is 30.2 Å². The second kappa shape index (κ2) is 27.7. The number of aromatic nitrogens is 3. The number of anilines is 3. The molecular formula is C52H83FN12O14. The van der Waals surface area contributed by atoms with Gasteiger partial charge in [-0.3, -0.25) is 20.2 Å². The summed E-state index contributed by atoms with van der Waals surface area (Å²) in [6.07, 6.45) is 3.17. The number of rotatable bonds is 4. The summed E-state index contributed by atoms with van der Waals surface area (Å²) in [5, 5.41) is 38.6. The highest BCUT2D eigenvalue weighted by molar-refractivity contribution is 6.27. The molecule has 27 heteroatoms. The Kier molecular flexibility index (Phi) is 24.3. The number of nitrogens with two attached hydrogens (primary N) is 1. The number of amides is 3. The molecular weight excluding hydrogens is 1040 g/mol. The molecule has 0 unspecified atom stereocenters. The van der Waals surface area contributed by atoms with Crippen LogP contribution >= 0.6 is 0 Å². The molecule has 442 valence electrons. The average Bonchev–Trinajstić information content (AvgIpc) is 3.21. The summed E-state index contributed by atoms with van der Waals surface area (Å²) in [6, 6.07) is 8.92. The zero-order chi connectivity index (χ0) is 57.2. The molecule has 9 heterocycles. The van der Waals surface area contributed by atoms with Crippen LogP contribution in [0.1, 0.15) is 98.4 Å². The number of nitrogens with zero attached hydrogens (tertiary/aromatic N) is 10. The molecule has 0 bridgehead atoms. The van der Waals surface area contributed by atoms with Gasteiger partial charge in [0.2, 0.25) is 5.95 Å². The van der Waals surface area contributed by atoms with Gasteiger partial charge in [0.05, 0.1) is 21.7 Å². The van der Waals surface area contributed by atoms with Crippen molar-refractivity contribution in [2.45, 2.75) is 115 Å². The van der Waals surface area contributed by atoms with Gasteiger partial charge in [-0.1, -0.05) is 36.1 Å². The third kappa shape index (κ3) is 20.2.